The van der Waals surface area contributed by atoms with Gasteiger partial charge in [-0.2, -0.15) is 0 Å². The van der Waals surface area contributed by atoms with Crippen LogP contribution in [0.25, 0.3) is 0 Å². The van der Waals surface area contributed by atoms with Gasteiger partial charge in [0.15, 0.2) is 0 Å². The number of carbonyl (C=O) groups excluding carboxylic acids is 2. The van der Waals surface area contributed by atoms with Crippen LogP contribution in [-0.4, -0.2) is 29.6 Å². The fourth-order valence-corrected chi connectivity index (χ4v) is 1.41. The molecule has 1 rings (SSSR count). The number of hydrogen-bond donors (Lipinski definition) is 4. The first-order valence-electron chi connectivity index (χ1n) is 5.57. The first-order chi connectivity index (χ1) is 8.90. The molecule has 3 amide bonds. The second kappa shape index (κ2) is 6.39. The number of nitrogens with two attached hydrogens (primary N) is 1. The van der Waals surface area contributed by atoms with Crippen LogP contribution in [0.5, 0.6) is 0 Å². The molecule has 0 aliphatic carbocycles. The van der Waals surface area contributed by atoms with Gasteiger partial charge < -0.3 is 21.5 Å². The highest BCUT2D eigenvalue weighted by molar-refractivity contribution is 6.00. The number of carboxylic acids is 1. The molecule has 1 aromatic rings. The minimum atomic E-state index is -1.13. The molecule has 0 saturated heterocycles. The second-order valence-corrected chi connectivity index (χ2v) is 3.95. The minimum Gasteiger partial charge on any atom is -0.478 e. The van der Waals surface area contributed by atoms with Gasteiger partial charge in [0.2, 0.25) is 5.91 Å². The fourth-order valence-electron chi connectivity index (χ4n) is 1.41. The van der Waals surface area contributed by atoms with Crippen molar-refractivity contribution in [2.45, 2.75) is 13.3 Å². The molecule has 0 atom stereocenters. The standard InChI is InChI=1S/C12H15N3O4/c1-7-2-3-9(8(6-7)11(17)18)15-12(19)14-5-4-10(13)16/h2-3,6H,4-5H2,1H3,(H2,13,16)(H,17,18)(H2,14,15,19). The van der Waals surface area contributed by atoms with Gasteiger partial charge in [0.25, 0.3) is 0 Å². The first kappa shape index (κ1) is 14.5. The fraction of sp³-hybridized carbons (Fsp3) is 0.250. The number of benzene rings is 1. The second-order valence-electron chi connectivity index (χ2n) is 3.95. The molecule has 0 aliphatic rings. The summed E-state index contributed by atoms with van der Waals surface area (Å²) in [5, 5.41) is 13.8. The molecule has 102 valence electrons. The Morgan fingerprint density at radius 3 is 2.58 bits per heavy atom. The first-order valence-corrected chi connectivity index (χ1v) is 5.57. The van der Waals surface area contributed by atoms with Crippen LogP contribution in [-0.2, 0) is 4.79 Å². The zero-order valence-electron chi connectivity index (χ0n) is 10.4. The molecule has 0 heterocycles. The van der Waals surface area contributed by atoms with Crippen molar-refractivity contribution in [3.63, 3.8) is 0 Å². The van der Waals surface area contributed by atoms with Gasteiger partial charge in [0.1, 0.15) is 0 Å². The Kier molecular flexibility index (Phi) is 4.87. The summed E-state index contributed by atoms with van der Waals surface area (Å²) in [6, 6.07) is 4.06. The van der Waals surface area contributed by atoms with E-state index < -0.39 is 17.9 Å². The van der Waals surface area contributed by atoms with Crippen molar-refractivity contribution in [1.82, 2.24) is 5.32 Å². The number of amides is 3. The summed E-state index contributed by atoms with van der Waals surface area (Å²) in [7, 11) is 0. The number of hydrogen-bond acceptors (Lipinski definition) is 3. The van der Waals surface area contributed by atoms with Crippen LogP contribution in [0.2, 0.25) is 0 Å². The Morgan fingerprint density at radius 1 is 1.32 bits per heavy atom. The van der Waals surface area contributed by atoms with Crippen LogP contribution in [0.4, 0.5) is 10.5 Å². The van der Waals surface area contributed by atoms with E-state index in [4.69, 9.17) is 10.8 Å². The van der Waals surface area contributed by atoms with Gasteiger partial charge in [-0.3, -0.25) is 4.79 Å². The van der Waals surface area contributed by atoms with Crippen molar-refractivity contribution in [3.8, 4) is 0 Å². The maximum absolute atomic E-state index is 11.5. The van der Waals surface area contributed by atoms with Crippen LogP contribution in [0.1, 0.15) is 22.3 Å². The molecule has 0 spiro atoms. The number of aryl methyl sites for hydroxylation is 1. The quantitative estimate of drug-likeness (QED) is 0.625. The van der Waals surface area contributed by atoms with E-state index in [2.05, 4.69) is 10.6 Å². The summed E-state index contributed by atoms with van der Waals surface area (Å²) in [6.07, 6.45) is 0.0209. The molecule has 0 bridgehead atoms. The number of carboxylic acid groups (broad SMARTS) is 1. The van der Waals surface area contributed by atoms with Gasteiger partial charge in [-0.25, -0.2) is 9.59 Å². The van der Waals surface area contributed by atoms with E-state index in [-0.39, 0.29) is 24.2 Å². The van der Waals surface area contributed by atoms with E-state index in [1.54, 1.807) is 13.0 Å². The molecule has 0 aliphatic heterocycles. The maximum Gasteiger partial charge on any atom is 0.337 e. The number of aromatic carboxylic acids is 1. The summed E-state index contributed by atoms with van der Waals surface area (Å²) < 4.78 is 0. The van der Waals surface area contributed by atoms with Crippen molar-refractivity contribution in [2.24, 2.45) is 5.73 Å². The van der Waals surface area contributed by atoms with Crippen LogP contribution in [0, 0.1) is 6.92 Å². The summed E-state index contributed by atoms with van der Waals surface area (Å²) in [6.45, 7) is 1.85. The molecular weight excluding hydrogens is 250 g/mol. The van der Waals surface area contributed by atoms with Gasteiger partial charge in [-0.15, -0.1) is 0 Å². The van der Waals surface area contributed by atoms with Crippen molar-refractivity contribution in [1.29, 1.82) is 0 Å². The van der Waals surface area contributed by atoms with Gasteiger partial charge in [-0.1, -0.05) is 11.6 Å². The van der Waals surface area contributed by atoms with Gasteiger partial charge >= 0.3 is 12.0 Å². The number of nitrogens with one attached hydrogen (secondary N) is 2. The molecule has 19 heavy (non-hydrogen) atoms. The van der Waals surface area contributed by atoms with E-state index >= 15 is 0 Å². The molecule has 5 N–H and O–H groups in total. The topological polar surface area (TPSA) is 122 Å². The van der Waals surface area contributed by atoms with Crippen LogP contribution >= 0.6 is 0 Å². The summed E-state index contributed by atoms with van der Waals surface area (Å²) >= 11 is 0. The molecule has 0 fully saturated rings. The smallest absolute Gasteiger partial charge is 0.337 e. The van der Waals surface area contributed by atoms with Gasteiger partial charge in [0, 0.05) is 13.0 Å². The lowest BCUT2D eigenvalue weighted by atomic mass is 10.1. The SMILES string of the molecule is Cc1ccc(NC(=O)NCCC(N)=O)c(C(=O)O)c1. The predicted molar refractivity (Wildman–Crippen MR) is 69.0 cm³/mol. The third-order valence-electron chi connectivity index (χ3n) is 2.31. The third-order valence-corrected chi connectivity index (χ3v) is 2.31. The van der Waals surface area contributed by atoms with E-state index in [0.717, 1.165) is 5.56 Å². The Hall–Kier alpha value is -2.57. The van der Waals surface area contributed by atoms with E-state index in [0.29, 0.717) is 0 Å². The molecule has 1 aromatic carbocycles. The van der Waals surface area contributed by atoms with Crippen molar-refractivity contribution < 1.29 is 19.5 Å². The lowest BCUT2D eigenvalue weighted by molar-refractivity contribution is -0.117. The lowest BCUT2D eigenvalue weighted by Crippen LogP contribution is -2.32. The van der Waals surface area contributed by atoms with Gasteiger partial charge in [-0.05, 0) is 19.1 Å². The number of urea groups is 1. The number of anilines is 1. The molecule has 0 saturated carbocycles. The summed E-state index contributed by atoms with van der Waals surface area (Å²) in [5.74, 6) is -1.65. The third kappa shape index (κ3) is 4.66. The average molecular weight is 265 g/mol. The Labute approximate surface area is 109 Å². The van der Waals surface area contributed by atoms with Crippen molar-refractivity contribution in [2.75, 3.05) is 11.9 Å². The maximum atomic E-state index is 11.5. The van der Waals surface area contributed by atoms with E-state index in [9.17, 15) is 14.4 Å². The zero-order chi connectivity index (χ0) is 14.4. The Bertz CT molecular complexity index is 514. The largest absolute Gasteiger partial charge is 0.478 e. The Balaban J connectivity index is 2.68. The monoisotopic (exact) mass is 265 g/mol. The van der Waals surface area contributed by atoms with Crippen molar-refractivity contribution in [3.05, 3.63) is 29.3 Å². The van der Waals surface area contributed by atoms with Crippen LogP contribution in [0.15, 0.2) is 18.2 Å². The lowest BCUT2D eigenvalue weighted by Gasteiger charge is -2.10. The molecule has 7 heteroatoms. The number of primary amides is 1. The molecule has 0 unspecified atom stereocenters. The summed E-state index contributed by atoms with van der Waals surface area (Å²) in [4.78, 5) is 33.0. The van der Waals surface area contributed by atoms with Crippen LogP contribution in [0.3, 0.4) is 0 Å². The molecule has 7 nitrogen and oxygen atoms in total. The molecule has 0 radical (unpaired) electrons. The number of rotatable bonds is 5. The molecular formula is C12H15N3O4. The Morgan fingerprint density at radius 2 is 2.00 bits per heavy atom. The predicted octanol–water partition coefficient (Wildman–Crippen LogP) is 0.690. The van der Waals surface area contributed by atoms with Gasteiger partial charge in [0.05, 0.1) is 11.3 Å². The highest BCUT2D eigenvalue weighted by atomic mass is 16.4. The average Bonchev–Trinajstić information content (AvgIpc) is 2.30. The minimum absolute atomic E-state index is 0.00468. The van der Waals surface area contributed by atoms with Crippen molar-refractivity contribution >= 4 is 23.6 Å². The molecule has 0 aromatic heterocycles. The normalized spacial score (nSPS) is 9.74. The highest BCUT2D eigenvalue weighted by Crippen LogP contribution is 2.17. The summed E-state index contributed by atoms with van der Waals surface area (Å²) in [5.41, 5.74) is 5.89. The van der Waals surface area contributed by atoms with E-state index in [1.807, 2.05) is 0 Å². The highest BCUT2D eigenvalue weighted by Gasteiger charge is 2.12. The number of carbonyl (C=O) groups is 3. The van der Waals surface area contributed by atoms with Crippen LogP contribution < -0.4 is 16.4 Å². The zero-order valence-corrected chi connectivity index (χ0v) is 10.4. The van der Waals surface area contributed by atoms with E-state index in [1.165, 1.54) is 12.1 Å².